The third-order valence-corrected chi connectivity index (χ3v) is 3.63. The Hall–Kier alpha value is -1.75. The Balaban J connectivity index is 3.44. The maximum Gasteiger partial charge on any atom is 0.534 e. The van der Waals surface area contributed by atoms with E-state index in [1.165, 1.54) is 19.1 Å². The molecule has 0 N–H and O–H groups in total. The topological polar surface area (TPSA) is 67.2 Å². The van der Waals surface area contributed by atoms with Crippen LogP contribution in [-0.4, -0.2) is 13.9 Å². The molecule has 4 nitrogen and oxygen atoms in total. The number of benzene rings is 1. The summed E-state index contributed by atoms with van der Waals surface area (Å²) < 4.78 is 64.3. The van der Waals surface area contributed by atoms with Gasteiger partial charge in [0.05, 0.1) is 11.6 Å². The van der Waals surface area contributed by atoms with E-state index in [4.69, 9.17) is 5.26 Å². The van der Waals surface area contributed by atoms with E-state index in [9.17, 15) is 21.6 Å². The highest BCUT2D eigenvalue weighted by Gasteiger charge is 2.49. The zero-order valence-electron chi connectivity index (χ0n) is 12.6. The molecule has 1 aromatic carbocycles. The van der Waals surface area contributed by atoms with Crippen molar-refractivity contribution < 1.29 is 25.8 Å². The first-order valence-corrected chi connectivity index (χ1v) is 7.72. The fourth-order valence-corrected chi connectivity index (χ4v) is 2.44. The number of rotatable bonds is 3. The van der Waals surface area contributed by atoms with E-state index < -0.39 is 15.6 Å². The third-order valence-electron chi connectivity index (χ3n) is 2.68. The average molecular weight is 335 g/mol. The van der Waals surface area contributed by atoms with E-state index in [2.05, 4.69) is 4.18 Å². The SMILES string of the molecule is Cc1cc(C#N)cc(CC(C)(C)C)c1OS(=O)(=O)C(F)(F)F. The highest BCUT2D eigenvalue weighted by atomic mass is 32.2. The molecular formula is C14H16F3NO3S. The summed E-state index contributed by atoms with van der Waals surface area (Å²) in [6.07, 6.45) is 0.256. The van der Waals surface area contributed by atoms with E-state index in [1.54, 1.807) is 0 Å². The van der Waals surface area contributed by atoms with Crippen molar-refractivity contribution in [3.63, 3.8) is 0 Å². The molecule has 0 aliphatic heterocycles. The number of alkyl halides is 3. The normalized spacial score (nSPS) is 12.8. The minimum Gasteiger partial charge on any atom is -0.375 e. The van der Waals surface area contributed by atoms with Crippen LogP contribution in [-0.2, 0) is 16.5 Å². The molecule has 0 fully saturated rings. The van der Waals surface area contributed by atoms with Crippen LogP contribution in [0.25, 0.3) is 0 Å². The molecule has 122 valence electrons. The first-order chi connectivity index (χ1) is 9.77. The van der Waals surface area contributed by atoms with Crippen molar-refractivity contribution >= 4 is 10.1 Å². The van der Waals surface area contributed by atoms with Crippen molar-refractivity contribution in [3.8, 4) is 11.8 Å². The predicted octanol–water partition coefficient (Wildman–Crippen LogP) is 3.68. The highest BCUT2D eigenvalue weighted by molar-refractivity contribution is 7.88. The van der Waals surface area contributed by atoms with Gasteiger partial charge in [-0.1, -0.05) is 20.8 Å². The first kappa shape index (κ1) is 18.3. The van der Waals surface area contributed by atoms with Gasteiger partial charge in [-0.3, -0.25) is 0 Å². The average Bonchev–Trinajstić information content (AvgIpc) is 2.29. The van der Waals surface area contributed by atoms with Gasteiger partial charge in [-0.2, -0.15) is 26.9 Å². The lowest BCUT2D eigenvalue weighted by Crippen LogP contribution is -2.29. The molecule has 1 rings (SSSR count). The van der Waals surface area contributed by atoms with Crippen LogP contribution in [0.1, 0.15) is 37.5 Å². The highest BCUT2D eigenvalue weighted by Crippen LogP contribution is 2.35. The summed E-state index contributed by atoms with van der Waals surface area (Å²) >= 11 is 0. The summed E-state index contributed by atoms with van der Waals surface area (Å²) in [5.74, 6) is -0.369. The quantitative estimate of drug-likeness (QED) is 0.624. The molecule has 22 heavy (non-hydrogen) atoms. The second-order valence-electron chi connectivity index (χ2n) is 6.11. The Labute approximate surface area is 127 Å². The van der Waals surface area contributed by atoms with Crippen molar-refractivity contribution in [2.75, 3.05) is 0 Å². The molecule has 8 heteroatoms. The van der Waals surface area contributed by atoms with E-state index in [1.807, 2.05) is 26.8 Å². The summed E-state index contributed by atoms with van der Waals surface area (Å²) in [4.78, 5) is 0. The van der Waals surface area contributed by atoms with Crippen LogP contribution in [0.2, 0.25) is 0 Å². The summed E-state index contributed by atoms with van der Waals surface area (Å²) in [6.45, 7) is 6.91. The summed E-state index contributed by atoms with van der Waals surface area (Å²) in [6, 6.07) is 4.52. The molecule has 1 aromatic rings. The molecule has 0 atom stereocenters. The first-order valence-electron chi connectivity index (χ1n) is 6.31. The predicted molar refractivity (Wildman–Crippen MR) is 74.7 cm³/mol. The van der Waals surface area contributed by atoms with Gasteiger partial charge in [0.2, 0.25) is 0 Å². The molecule has 0 unspecified atom stereocenters. The Kier molecular flexibility index (Phi) is 4.82. The summed E-state index contributed by atoms with van der Waals surface area (Å²) in [7, 11) is -5.75. The molecule has 0 saturated carbocycles. The number of nitriles is 1. The monoisotopic (exact) mass is 335 g/mol. The fourth-order valence-electron chi connectivity index (χ4n) is 1.89. The van der Waals surface area contributed by atoms with Crippen molar-refractivity contribution in [2.24, 2.45) is 5.41 Å². The van der Waals surface area contributed by atoms with Crippen molar-refractivity contribution in [1.29, 1.82) is 5.26 Å². The van der Waals surface area contributed by atoms with Crippen LogP contribution >= 0.6 is 0 Å². The van der Waals surface area contributed by atoms with E-state index in [-0.39, 0.29) is 34.3 Å². The lowest BCUT2D eigenvalue weighted by molar-refractivity contribution is -0.0500. The van der Waals surface area contributed by atoms with Gasteiger partial charge in [-0.05, 0) is 42.0 Å². The molecule has 0 aromatic heterocycles. The van der Waals surface area contributed by atoms with E-state index in [0.717, 1.165) is 0 Å². The third kappa shape index (κ3) is 4.37. The van der Waals surface area contributed by atoms with E-state index in [0.29, 0.717) is 0 Å². The van der Waals surface area contributed by atoms with Crippen LogP contribution in [0.5, 0.6) is 5.75 Å². The summed E-state index contributed by atoms with van der Waals surface area (Å²) in [5.41, 5.74) is -5.20. The molecule has 0 aliphatic carbocycles. The molecule has 0 radical (unpaired) electrons. The van der Waals surface area contributed by atoms with Crippen molar-refractivity contribution in [3.05, 3.63) is 28.8 Å². The minimum absolute atomic E-state index is 0.158. The number of hydrogen-bond donors (Lipinski definition) is 0. The van der Waals surface area contributed by atoms with Crippen LogP contribution < -0.4 is 4.18 Å². The molecule has 0 bridgehead atoms. The van der Waals surface area contributed by atoms with Gasteiger partial charge in [0.1, 0.15) is 5.75 Å². The molecule has 0 heterocycles. The number of hydrogen-bond acceptors (Lipinski definition) is 4. The Morgan fingerprint density at radius 2 is 1.77 bits per heavy atom. The maximum absolute atomic E-state index is 12.5. The molecule has 0 saturated heterocycles. The summed E-state index contributed by atoms with van der Waals surface area (Å²) in [5, 5.41) is 8.95. The second-order valence-corrected chi connectivity index (χ2v) is 7.65. The molecular weight excluding hydrogens is 319 g/mol. The van der Waals surface area contributed by atoms with Gasteiger partial charge in [0.25, 0.3) is 0 Å². The fraction of sp³-hybridized carbons (Fsp3) is 0.500. The van der Waals surface area contributed by atoms with Gasteiger partial charge in [0, 0.05) is 0 Å². The minimum atomic E-state index is -5.75. The van der Waals surface area contributed by atoms with Gasteiger partial charge in [0.15, 0.2) is 0 Å². The van der Waals surface area contributed by atoms with Gasteiger partial charge < -0.3 is 4.18 Å². The van der Waals surface area contributed by atoms with E-state index >= 15 is 0 Å². The second kappa shape index (κ2) is 5.80. The standard InChI is InChI=1S/C14H16F3NO3S/c1-9-5-10(8-18)6-11(7-13(2,3)4)12(9)21-22(19,20)14(15,16)17/h5-6H,7H2,1-4H3. The zero-order valence-corrected chi connectivity index (χ0v) is 13.4. The smallest absolute Gasteiger partial charge is 0.375 e. The molecule has 0 aliphatic rings. The maximum atomic E-state index is 12.5. The number of nitrogens with zero attached hydrogens (tertiary/aromatic N) is 1. The molecule has 0 spiro atoms. The van der Waals surface area contributed by atoms with Gasteiger partial charge in [-0.15, -0.1) is 0 Å². The van der Waals surface area contributed by atoms with Crippen LogP contribution in [0, 0.1) is 23.7 Å². The number of halogens is 3. The molecule has 0 amide bonds. The Bertz CT molecular complexity index is 711. The largest absolute Gasteiger partial charge is 0.534 e. The lowest BCUT2D eigenvalue weighted by Gasteiger charge is -2.22. The zero-order chi connectivity index (χ0) is 17.3. The Morgan fingerprint density at radius 3 is 2.18 bits per heavy atom. The lowest BCUT2D eigenvalue weighted by atomic mass is 9.86. The van der Waals surface area contributed by atoms with Crippen molar-refractivity contribution in [1.82, 2.24) is 0 Å². The number of aryl methyl sites for hydroxylation is 1. The van der Waals surface area contributed by atoms with Crippen LogP contribution in [0.4, 0.5) is 13.2 Å². The van der Waals surface area contributed by atoms with Crippen molar-refractivity contribution in [2.45, 2.75) is 39.6 Å². The van der Waals surface area contributed by atoms with Gasteiger partial charge in [-0.25, -0.2) is 0 Å². The van der Waals surface area contributed by atoms with Crippen LogP contribution in [0.15, 0.2) is 12.1 Å². The Morgan fingerprint density at radius 1 is 1.23 bits per heavy atom. The van der Waals surface area contributed by atoms with Gasteiger partial charge >= 0.3 is 15.6 Å². The van der Waals surface area contributed by atoms with Crippen LogP contribution in [0.3, 0.4) is 0 Å².